The molecule has 1 atom stereocenters. The zero-order chi connectivity index (χ0) is 14.0. The van der Waals surface area contributed by atoms with Crippen molar-refractivity contribution in [2.45, 2.75) is 73.1 Å². The molecule has 0 nitrogen and oxygen atoms in total. The maximum Gasteiger partial charge on any atom is -0.0144 e. The molecule has 3 rings (SSSR count). The van der Waals surface area contributed by atoms with Crippen LogP contribution in [0, 0.1) is 10.8 Å². The summed E-state index contributed by atoms with van der Waals surface area (Å²) in [4.78, 5) is 0. The first-order chi connectivity index (χ1) is 8.66. The maximum atomic E-state index is 2.56. The van der Waals surface area contributed by atoms with Gasteiger partial charge in [-0.1, -0.05) is 47.6 Å². The normalized spacial score (nSPS) is 23.8. The van der Waals surface area contributed by atoms with Crippen molar-refractivity contribution >= 4 is 0 Å². The third-order valence-electron chi connectivity index (χ3n) is 4.82. The van der Waals surface area contributed by atoms with Gasteiger partial charge in [0.25, 0.3) is 0 Å². The van der Waals surface area contributed by atoms with E-state index in [0.29, 0.717) is 10.8 Å². The fourth-order valence-electron chi connectivity index (χ4n) is 4.20. The quantitative estimate of drug-likeness (QED) is 0.659. The predicted octanol–water partition coefficient (Wildman–Crippen LogP) is 5.06. The van der Waals surface area contributed by atoms with Crippen LogP contribution in [0.15, 0.2) is 6.07 Å². The molecule has 1 aromatic carbocycles. The molecule has 104 valence electrons. The molecule has 0 saturated carbocycles. The molecule has 0 heteroatoms. The molecule has 0 spiro atoms. The lowest BCUT2D eigenvalue weighted by Gasteiger charge is -2.35. The van der Waals surface area contributed by atoms with E-state index < -0.39 is 0 Å². The molecular weight excluding hydrogens is 228 g/mol. The van der Waals surface area contributed by atoms with Crippen molar-refractivity contribution in [3.63, 3.8) is 0 Å². The SMILES string of the molecule is CC1Cc2c3c(cc(CC(C)(C)C)c21)CC(C)(C)C3. The predicted molar refractivity (Wildman–Crippen MR) is 82.9 cm³/mol. The van der Waals surface area contributed by atoms with Crippen LogP contribution in [-0.2, 0) is 25.7 Å². The lowest BCUT2D eigenvalue weighted by atomic mass is 9.70. The molecule has 1 aromatic rings. The summed E-state index contributed by atoms with van der Waals surface area (Å²) < 4.78 is 0. The maximum absolute atomic E-state index is 2.56. The highest BCUT2D eigenvalue weighted by Crippen LogP contribution is 2.48. The summed E-state index contributed by atoms with van der Waals surface area (Å²) in [6, 6.07) is 2.56. The molecule has 0 heterocycles. The smallest absolute Gasteiger partial charge is 0.0144 e. The van der Waals surface area contributed by atoms with Crippen molar-refractivity contribution in [3.8, 4) is 0 Å². The number of hydrogen-bond donors (Lipinski definition) is 0. The third-order valence-corrected chi connectivity index (χ3v) is 4.82. The van der Waals surface area contributed by atoms with E-state index in [9.17, 15) is 0 Å². The van der Waals surface area contributed by atoms with Crippen molar-refractivity contribution in [2.24, 2.45) is 10.8 Å². The number of hydrogen-bond acceptors (Lipinski definition) is 0. The molecule has 0 amide bonds. The standard InChI is InChI=1S/C19H28/c1-12-7-15-16-11-19(5,6)10-13(16)8-14(17(12)15)9-18(2,3)4/h8,12H,7,9-11H2,1-6H3. The van der Waals surface area contributed by atoms with Gasteiger partial charge in [-0.25, -0.2) is 0 Å². The van der Waals surface area contributed by atoms with Gasteiger partial charge in [-0.2, -0.15) is 0 Å². The van der Waals surface area contributed by atoms with Crippen LogP contribution in [0.5, 0.6) is 0 Å². The molecule has 0 aromatic heterocycles. The van der Waals surface area contributed by atoms with Crippen LogP contribution in [0.4, 0.5) is 0 Å². The van der Waals surface area contributed by atoms with Crippen LogP contribution in [0.3, 0.4) is 0 Å². The molecule has 2 aliphatic rings. The Labute approximate surface area is 118 Å². The van der Waals surface area contributed by atoms with Gasteiger partial charge < -0.3 is 0 Å². The van der Waals surface area contributed by atoms with E-state index in [-0.39, 0.29) is 0 Å². The Bertz CT molecular complexity index is 526. The van der Waals surface area contributed by atoms with Crippen molar-refractivity contribution in [1.29, 1.82) is 0 Å². The van der Waals surface area contributed by atoms with Crippen LogP contribution >= 0.6 is 0 Å². The average molecular weight is 256 g/mol. The van der Waals surface area contributed by atoms with E-state index in [0.717, 1.165) is 5.92 Å². The fourth-order valence-corrected chi connectivity index (χ4v) is 4.20. The minimum atomic E-state index is 0.394. The molecule has 0 fully saturated rings. The van der Waals surface area contributed by atoms with Gasteiger partial charge in [-0.15, -0.1) is 0 Å². The minimum absolute atomic E-state index is 0.394. The van der Waals surface area contributed by atoms with E-state index in [1.807, 2.05) is 0 Å². The molecule has 0 bridgehead atoms. The molecule has 0 radical (unpaired) electrons. The Morgan fingerprint density at radius 1 is 1.16 bits per heavy atom. The Hall–Kier alpha value is -0.780. The first kappa shape index (κ1) is 13.2. The number of benzene rings is 1. The van der Waals surface area contributed by atoms with Gasteiger partial charge >= 0.3 is 0 Å². The lowest BCUT2D eigenvalue weighted by Crippen LogP contribution is -2.22. The second-order valence-electron chi connectivity index (χ2n) is 8.93. The highest BCUT2D eigenvalue weighted by Gasteiger charge is 2.37. The largest absolute Gasteiger partial charge is 0.0599 e. The average Bonchev–Trinajstić information content (AvgIpc) is 2.46. The summed E-state index contributed by atoms with van der Waals surface area (Å²) in [5.74, 6) is 0.793. The second kappa shape index (κ2) is 3.87. The van der Waals surface area contributed by atoms with E-state index in [4.69, 9.17) is 0 Å². The van der Waals surface area contributed by atoms with Crippen LogP contribution in [0.25, 0.3) is 0 Å². The third kappa shape index (κ3) is 2.24. The highest BCUT2D eigenvalue weighted by atomic mass is 14.4. The Morgan fingerprint density at radius 3 is 2.42 bits per heavy atom. The summed E-state index contributed by atoms with van der Waals surface area (Å²) in [5, 5.41) is 0. The van der Waals surface area contributed by atoms with E-state index >= 15 is 0 Å². The van der Waals surface area contributed by atoms with Gasteiger partial charge in [0.2, 0.25) is 0 Å². The van der Waals surface area contributed by atoms with E-state index in [2.05, 4.69) is 47.6 Å². The molecule has 19 heavy (non-hydrogen) atoms. The van der Waals surface area contributed by atoms with Gasteiger partial charge in [0.15, 0.2) is 0 Å². The van der Waals surface area contributed by atoms with Crippen LogP contribution < -0.4 is 0 Å². The Kier molecular flexibility index (Phi) is 2.69. The summed E-state index contributed by atoms with van der Waals surface area (Å²) in [7, 11) is 0. The molecule has 0 aliphatic heterocycles. The van der Waals surface area contributed by atoms with Crippen molar-refractivity contribution in [3.05, 3.63) is 33.9 Å². The summed E-state index contributed by atoms with van der Waals surface area (Å²) >= 11 is 0. The summed E-state index contributed by atoms with van der Waals surface area (Å²) in [5.41, 5.74) is 9.35. The molecule has 2 aliphatic carbocycles. The fraction of sp³-hybridized carbons (Fsp3) is 0.684. The highest BCUT2D eigenvalue weighted by molar-refractivity contribution is 5.56. The van der Waals surface area contributed by atoms with Crippen LogP contribution in [0.1, 0.15) is 75.3 Å². The number of fused-ring (bicyclic) bond motifs is 3. The number of rotatable bonds is 1. The van der Waals surface area contributed by atoms with Crippen LogP contribution in [-0.4, -0.2) is 0 Å². The summed E-state index contributed by atoms with van der Waals surface area (Å²) in [6.07, 6.45) is 5.13. The Balaban J connectivity index is 2.07. The van der Waals surface area contributed by atoms with Gasteiger partial charge in [-0.05, 0) is 70.2 Å². The van der Waals surface area contributed by atoms with Gasteiger partial charge in [0.05, 0.1) is 0 Å². The van der Waals surface area contributed by atoms with E-state index in [1.54, 1.807) is 27.8 Å². The zero-order valence-electron chi connectivity index (χ0n) is 13.5. The van der Waals surface area contributed by atoms with Crippen molar-refractivity contribution < 1.29 is 0 Å². The first-order valence-corrected chi connectivity index (χ1v) is 7.83. The lowest BCUT2D eigenvalue weighted by molar-refractivity contribution is 0.391. The first-order valence-electron chi connectivity index (χ1n) is 7.83. The van der Waals surface area contributed by atoms with Crippen molar-refractivity contribution in [1.82, 2.24) is 0 Å². The summed E-state index contributed by atoms with van der Waals surface area (Å²) in [6.45, 7) is 14.3. The molecule has 0 saturated heterocycles. The van der Waals surface area contributed by atoms with Crippen LogP contribution in [0.2, 0.25) is 0 Å². The van der Waals surface area contributed by atoms with E-state index in [1.165, 1.54) is 25.7 Å². The zero-order valence-corrected chi connectivity index (χ0v) is 13.5. The van der Waals surface area contributed by atoms with Gasteiger partial charge in [0, 0.05) is 0 Å². The minimum Gasteiger partial charge on any atom is -0.0599 e. The Morgan fingerprint density at radius 2 is 1.84 bits per heavy atom. The topological polar surface area (TPSA) is 0 Å². The van der Waals surface area contributed by atoms with Gasteiger partial charge in [0.1, 0.15) is 0 Å². The molecule has 1 unspecified atom stereocenters. The molecule has 0 N–H and O–H groups in total. The van der Waals surface area contributed by atoms with Crippen molar-refractivity contribution in [2.75, 3.05) is 0 Å². The second-order valence-corrected chi connectivity index (χ2v) is 8.93. The molecular formula is C19H28. The monoisotopic (exact) mass is 256 g/mol. The van der Waals surface area contributed by atoms with Gasteiger partial charge in [-0.3, -0.25) is 0 Å².